The predicted octanol–water partition coefficient (Wildman–Crippen LogP) is 3.70. The number of rotatable bonds is 8. The molecule has 0 aromatic heterocycles. The fourth-order valence-corrected chi connectivity index (χ4v) is 3.04. The number of nitrogens with zero attached hydrogens (tertiary/aromatic N) is 1. The molecule has 150 valence electrons. The van der Waals surface area contributed by atoms with Gasteiger partial charge in [0.2, 0.25) is 0 Å². The molecule has 2 aromatic carbocycles. The van der Waals surface area contributed by atoms with Crippen molar-refractivity contribution in [2.75, 3.05) is 37.6 Å². The number of nitrogens with one attached hydrogen (secondary N) is 1. The van der Waals surface area contributed by atoms with Gasteiger partial charge >= 0.3 is 5.97 Å². The number of esters is 1. The molecule has 0 radical (unpaired) electrons. The van der Waals surface area contributed by atoms with Gasteiger partial charge in [-0.15, -0.1) is 0 Å². The Balaban J connectivity index is 2.27. The molecule has 0 atom stereocenters. The van der Waals surface area contributed by atoms with E-state index in [1.165, 1.54) is 23.1 Å². The number of aryl methyl sites for hydroxylation is 2. The maximum absolute atomic E-state index is 12.4. The van der Waals surface area contributed by atoms with E-state index in [9.17, 15) is 9.59 Å². The fourth-order valence-electron chi connectivity index (χ4n) is 3.04. The van der Waals surface area contributed by atoms with Crippen LogP contribution in [0.4, 0.5) is 11.4 Å². The van der Waals surface area contributed by atoms with Gasteiger partial charge in [0, 0.05) is 26.4 Å². The van der Waals surface area contributed by atoms with Crippen molar-refractivity contribution in [3.63, 3.8) is 0 Å². The first kappa shape index (κ1) is 21.4. The average molecular weight is 384 g/mol. The molecule has 1 N–H and O–H groups in total. The zero-order chi connectivity index (χ0) is 20.7. The highest BCUT2D eigenvalue weighted by molar-refractivity contribution is 6.03. The van der Waals surface area contributed by atoms with Gasteiger partial charge in [-0.25, -0.2) is 4.79 Å². The fraction of sp³-hybridized carbons (Fsp3) is 0.364. The zero-order valence-corrected chi connectivity index (χ0v) is 17.2. The van der Waals surface area contributed by atoms with Crippen LogP contribution in [-0.4, -0.2) is 39.2 Å². The lowest BCUT2D eigenvalue weighted by Gasteiger charge is -2.21. The molecule has 6 nitrogen and oxygen atoms in total. The number of ether oxygens (including phenoxy) is 2. The summed E-state index contributed by atoms with van der Waals surface area (Å²) in [6.45, 7) is 6.70. The normalized spacial score (nSPS) is 10.5. The summed E-state index contributed by atoms with van der Waals surface area (Å²) >= 11 is 0. The number of methoxy groups -OCH3 is 1. The largest absolute Gasteiger partial charge is 0.462 e. The number of amides is 1. The molecule has 28 heavy (non-hydrogen) atoms. The van der Waals surface area contributed by atoms with Crippen molar-refractivity contribution >= 4 is 23.3 Å². The summed E-state index contributed by atoms with van der Waals surface area (Å²) in [5.41, 5.74) is 5.16. The zero-order valence-electron chi connectivity index (χ0n) is 17.2. The molecule has 0 bridgehead atoms. The van der Waals surface area contributed by atoms with Gasteiger partial charge in [0.1, 0.15) is 6.61 Å². The van der Waals surface area contributed by atoms with Crippen LogP contribution in [0.25, 0.3) is 0 Å². The first-order valence-electron chi connectivity index (χ1n) is 9.23. The van der Waals surface area contributed by atoms with E-state index in [2.05, 4.69) is 37.4 Å². The molecule has 0 aliphatic rings. The number of hydrogen-bond acceptors (Lipinski definition) is 5. The lowest BCUT2D eigenvalue weighted by molar-refractivity contribution is -0.121. The summed E-state index contributed by atoms with van der Waals surface area (Å²) in [4.78, 5) is 26.0. The smallest absolute Gasteiger partial charge is 0.340 e. The van der Waals surface area contributed by atoms with Gasteiger partial charge < -0.3 is 19.7 Å². The third-order valence-corrected chi connectivity index (χ3v) is 4.27. The van der Waals surface area contributed by atoms with Crippen molar-refractivity contribution in [3.05, 3.63) is 58.7 Å². The van der Waals surface area contributed by atoms with Gasteiger partial charge in [0.15, 0.2) is 0 Å². The van der Waals surface area contributed by atoms with Crippen molar-refractivity contribution in [2.45, 2.75) is 27.3 Å². The highest BCUT2D eigenvalue weighted by atomic mass is 16.5. The Labute approximate surface area is 166 Å². The molecular weight excluding hydrogens is 356 g/mol. The Morgan fingerprint density at radius 1 is 1.07 bits per heavy atom. The highest BCUT2D eigenvalue weighted by Crippen LogP contribution is 2.25. The van der Waals surface area contributed by atoms with Crippen LogP contribution in [0.15, 0.2) is 36.4 Å². The topological polar surface area (TPSA) is 67.9 Å². The number of likely N-dealkylation sites (N-methyl/N-ethyl adjacent to an activating group) is 1. The van der Waals surface area contributed by atoms with Gasteiger partial charge in [0.05, 0.1) is 17.9 Å². The minimum Gasteiger partial charge on any atom is -0.462 e. The van der Waals surface area contributed by atoms with Gasteiger partial charge in [-0.1, -0.05) is 29.3 Å². The Kier molecular flexibility index (Phi) is 7.58. The summed E-state index contributed by atoms with van der Waals surface area (Å²) in [5.74, 6) is -0.714. The summed E-state index contributed by atoms with van der Waals surface area (Å²) in [6, 6.07) is 11.7. The van der Waals surface area contributed by atoms with Crippen molar-refractivity contribution in [1.29, 1.82) is 0 Å². The van der Waals surface area contributed by atoms with Crippen molar-refractivity contribution in [2.24, 2.45) is 0 Å². The van der Waals surface area contributed by atoms with Gasteiger partial charge in [0.25, 0.3) is 5.91 Å². The van der Waals surface area contributed by atoms with E-state index < -0.39 is 5.97 Å². The monoisotopic (exact) mass is 384 g/mol. The molecule has 0 aliphatic carbocycles. The average Bonchev–Trinajstić information content (AvgIpc) is 2.65. The van der Waals surface area contributed by atoms with E-state index in [4.69, 9.17) is 9.47 Å². The third-order valence-electron chi connectivity index (χ3n) is 4.27. The summed E-state index contributed by atoms with van der Waals surface area (Å²) in [5, 5.41) is 3.34. The highest BCUT2D eigenvalue weighted by Gasteiger charge is 2.20. The van der Waals surface area contributed by atoms with Crippen LogP contribution >= 0.6 is 0 Å². The minimum atomic E-state index is -0.468. The second-order valence-electron chi connectivity index (χ2n) is 6.69. The van der Waals surface area contributed by atoms with Crippen LogP contribution in [0.2, 0.25) is 0 Å². The number of hydrogen-bond donors (Lipinski definition) is 1. The predicted molar refractivity (Wildman–Crippen MR) is 111 cm³/mol. The van der Waals surface area contributed by atoms with Crippen LogP contribution in [0.3, 0.4) is 0 Å². The molecule has 0 aliphatic heterocycles. The van der Waals surface area contributed by atoms with Crippen molar-refractivity contribution in [3.8, 4) is 0 Å². The molecule has 0 heterocycles. The van der Waals surface area contributed by atoms with Crippen LogP contribution in [-0.2, 0) is 20.8 Å². The molecular formula is C22H28N2O4. The maximum Gasteiger partial charge on any atom is 0.340 e. The van der Waals surface area contributed by atoms with E-state index >= 15 is 0 Å². The lowest BCUT2D eigenvalue weighted by atomic mass is 10.1. The van der Waals surface area contributed by atoms with E-state index in [0.717, 1.165) is 11.3 Å². The molecule has 6 heteroatoms. The first-order valence-corrected chi connectivity index (χ1v) is 9.23. The van der Waals surface area contributed by atoms with E-state index in [-0.39, 0.29) is 19.1 Å². The number of benzene rings is 2. The van der Waals surface area contributed by atoms with Gasteiger partial charge in [-0.2, -0.15) is 0 Å². The Morgan fingerprint density at radius 3 is 2.36 bits per heavy atom. The quantitative estimate of drug-likeness (QED) is 0.703. The van der Waals surface area contributed by atoms with Crippen LogP contribution in [0, 0.1) is 13.8 Å². The van der Waals surface area contributed by atoms with Crippen LogP contribution in [0.1, 0.15) is 34.0 Å². The first-order chi connectivity index (χ1) is 13.3. The summed E-state index contributed by atoms with van der Waals surface area (Å²) in [7, 11) is 3.07. The summed E-state index contributed by atoms with van der Waals surface area (Å²) in [6.07, 6.45) is 0. The van der Waals surface area contributed by atoms with Crippen LogP contribution < -0.4 is 10.2 Å². The molecule has 2 aromatic rings. The van der Waals surface area contributed by atoms with Crippen LogP contribution in [0.5, 0.6) is 0 Å². The molecule has 0 fully saturated rings. The third kappa shape index (κ3) is 5.57. The molecule has 0 unspecified atom stereocenters. The Morgan fingerprint density at radius 2 is 1.75 bits per heavy atom. The molecule has 2 rings (SSSR count). The van der Waals surface area contributed by atoms with Gasteiger partial charge in [-0.3, -0.25) is 4.79 Å². The molecule has 1 amide bonds. The van der Waals surface area contributed by atoms with Crippen molar-refractivity contribution < 1.29 is 19.1 Å². The second-order valence-corrected chi connectivity index (χ2v) is 6.69. The number of anilines is 2. The standard InChI is InChI=1S/C22H28N2O4/c1-6-28-22(26)19-12-18(7-8-20(19)24(4)21(25)14-27-5)23-13-17-10-15(2)9-16(3)11-17/h7-12,23H,6,13-14H2,1-5H3. The van der Waals surface area contributed by atoms with E-state index in [1.807, 2.05) is 6.07 Å². The Bertz CT molecular complexity index is 828. The van der Waals surface area contributed by atoms with E-state index in [0.29, 0.717) is 17.8 Å². The van der Waals surface area contributed by atoms with Crippen molar-refractivity contribution in [1.82, 2.24) is 0 Å². The number of carbonyl (C=O) groups excluding carboxylic acids is 2. The maximum atomic E-state index is 12.4. The van der Waals surface area contributed by atoms with E-state index in [1.54, 1.807) is 26.1 Å². The molecule has 0 saturated carbocycles. The molecule has 0 saturated heterocycles. The SMILES string of the molecule is CCOC(=O)c1cc(NCc2cc(C)cc(C)c2)ccc1N(C)C(=O)COC. The number of carbonyl (C=O) groups is 2. The second kappa shape index (κ2) is 9.90. The Hall–Kier alpha value is -2.86. The lowest BCUT2D eigenvalue weighted by Crippen LogP contribution is -2.31. The van der Waals surface area contributed by atoms with Gasteiger partial charge in [-0.05, 0) is 44.5 Å². The molecule has 0 spiro atoms. The summed E-state index contributed by atoms with van der Waals surface area (Å²) < 4.78 is 10.1. The minimum absolute atomic E-state index is 0.0640.